The van der Waals surface area contributed by atoms with E-state index >= 15 is 0 Å². The van der Waals surface area contributed by atoms with Gasteiger partial charge in [-0.3, -0.25) is 9.78 Å². The Hall–Kier alpha value is -2.37. The number of alkyl halides is 3. The minimum atomic E-state index is -4.34. The van der Waals surface area contributed by atoms with Gasteiger partial charge in [-0.2, -0.15) is 13.2 Å². The standard InChI is InChI=1S/C22H25F3N2O/c1-3-21(28)27-9-5-7-18(14-27)20-13-17(10-15(2)26-20)11-16-6-4-8-19(12-16)22(23,24)25/h4,6,8,10,12-13,18H,3,5,7,9,11,14H2,1-2H3/t18-/m1/s1. The highest BCUT2D eigenvalue weighted by molar-refractivity contribution is 5.76. The van der Waals surface area contributed by atoms with Gasteiger partial charge >= 0.3 is 6.18 Å². The van der Waals surface area contributed by atoms with Crippen LogP contribution in [0.3, 0.4) is 0 Å². The molecule has 0 aliphatic carbocycles. The molecule has 0 unspecified atom stereocenters. The van der Waals surface area contributed by atoms with Crippen molar-refractivity contribution in [3.63, 3.8) is 0 Å². The number of carbonyl (C=O) groups excluding carboxylic acids is 1. The Kier molecular flexibility index (Phi) is 6.06. The Labute approximate surface area is 163 Å². The molecule has 0 spiro atoms. The van der Waals surface area contributed by atoms with Crippen LogP contribution in [0.2, 0.25) is 0 Å². The van der Waals surface area contributed by atoms with Crippen LogP contribution in [-0.2, 0) is 17.4 Å². The summed E-state index contributed by atoms with van der Waals surface area (Å²) < 4.78 is 38.9. The van der Waals surface area contributed by atoms with Gasteiger partial charge in [0.05, 0.1) is 5.56 Å². The van der Waals surface area contributed by atoms with Crippen molar-refractivity contribution in [2.75, 3.05) is 13.1 Å². The smallest absolute Gasteiger partial charge is 0.342 e. The van der Waals surface area contributed by atoms with Crippen molar-refractivity contribution in [1.82, 2.24) is 9.88 Å². The second-order valence-electron chi connectivity index (χ2n) is 7.45. The maximum absolute atomic E-state index is 13.0. The van der Waals surface area contributed by atoms with E-state index in [2.05, 4.69) is 4.98 Å². The Bertz CT molecular complexity index is 848. The van der Waals surface area contributed by atoms with Crippen LogP contribution >= 0.6 is 0 Å². The quantitative estimate of drug-likeness (QED) is 0.726. The van der Waals surface area contributed by atoms with Crippen molar-refractivity contribution in [1.29, 1.82) is 0 Å². The summed E-state index contributed by atoms with van der Waals surface area (Å²) in [5, 5.41) is 0. The van der Waals surface area contributed by atoms with E-state index in [1.807, 2.05) is 30.9 Å². The van der Waals surface area contributed by atoms with E-state index in [0.29, 0.717) is 24.9 Å². The van der Waals surface area contributed by atoms with Crippen molar-refractivity contribution in [2.45, 2.75) is 51.6 Å². The molecule has 1 aliphatic rings. The van der Waals surface area contributed by atoms with Crippen LogP contribution in [0.4, 0.5) is 13.2 Å². The van der Waals surface area contributed by atoms with Crippen LogP contribution in [0.25, 0.3) is 0 Å². The third-order valence-electron chi connectivity index (χ3n) is 5.19. The van der Waals surface area contributed by atoms with Gasteiger partial charge < -0.3 is 4.90 Å². The first-order valence-corrected chi connectivity index (χ1v) is 9.67. The van der Waals surface area contributed by atoms with E-state index in [0.717, 1.165) is 42.4 Å². The number of carbonyl (C=O) groups is 1. The third-order valence-corrected chi connectivity index (χ3v) is 5.19. The van der Waals surface area contributed by atoms with Crippen LogP contribution in [0.1, 0.15) is 60.2 Å². The van der Waals surface area contributed by atoms with Crippen molar-refractivity contribution < 1.29 is 18.0 Å². The summed E-state index contributed by atoms with van der Waals surface area (Å²) in [6.07, 6.45) is -1.52. The summed E-state index contributed by atoms with van der Waals surface area (Å²) in [7, 11) is 0. The van der Waals surface area contributed by atoms with Crippen molar-refractivity contribution in [3.05, 3.63) is 64.5 Å². The molecule has 3 rings (SSSR count). The third kappa shape index (κ3) is 4.91. The van der Waals surface area contributed by atoms with Crippen LogP contribution in [0, 0.1) is 6.92 Å². The Morgan fingerprint density at radius 1 is 1.21 bits per heavy atom. The fourth-order valence-corrected chi connectivity index (χ4v) is 3.84. The minimum Gasteiger partial charge on any atom is -0.342 e. The van der Waals surface area contributed by atoms with Gasteiger partial charge in [-0.15, -0.1) is 0 Å². The lowest BCUT2D eigenvalue weighted by molar-refractivity contribution is -0.137. The van der Waals surface area contributed by atoms with Gasteiger partial charge in [-0.25, -0.2) is 0 Å². The molecule has 0 N–H and O–H groups in total. The largest absolute Gasteiger partial charge is 0.416 e. The molecule has 1 atom stereocenters. The molecule has 1 fully saturated rings. The number of piperidine rings is 1. The first-order chi connectivity index (χ1) is 13.3. The normalized spacial score (nSPS) is 17.6. The van der Waals surface area contributed by atoms with Crippen LogP contribution in [0.15, 0.2) is 36.4 Å². The lowest BCUT2D eigenvalue weighted by Gasteiger charge is -2.32. The predicted molar refractivity (Wildman–Crippen MR) is 102 cm³/mol. The number of amides is 1. The summed E-state index contributed by atoms with van der Waals surface area (Å²) in [5.74, 6) is 0.325. The molecular formula is C22H25F3N2O. The number of hydrogen-bond acceptors (Lipinski definition) is 2. The van der Waals surface area contributed by atoms with E-state index in [1.165, 1.54) is 12.1 Å². The number of pyridine rings is 1. The molecule has 150 valence electrons. The van der Waals surface area contributed by atoms with E-state index in [1.54, 1.807) is 6.07 Å². The number of nitrogens with zero attached hydrogens (tertiary/aromatic N) is 2. The first-order valence-electron chi connectivity index (χ1n) is 9.67. The molecule has 6 heteroatoms. The molecule has 0 radical (unpaired) electrons. The van der Waals surface area contributed by atoms with Crippen molar-refractivity contribution in [2.24, 2.45) is 0 Å². The highest BCUT2D eigenvalue weighted by Crippen LogP contribution is 2.31. The van der Waals surface area contributed by atoms with Gasteiger partial charge in [0.25, 0.3) is 0 Å². The monoisotopic (exact) mass is 390 g/mol. The molecule has 1 saturated heterocycles. The summed E-state index contributed by atoms with van der Waals surface area (Å²) in [5.41, 5.74) is 2.71. The molecule has 2 aromatic rings. The lowest BCUT2D eigenvalue weighted by atomic mass is 9.92. The number of rotatable bonds is 4. The molecule has 1 aromatic carbocycles. The summed E-state index contributed by atoms with van der Waals surface area (Å²) >= 11 is 0. The molecule has 2 heterocycles. The second-order valence-corrected chi connectivity index (χ2v) is 7.45. The molecule has 0 bridgehead atoms. The fourth-order valence-electron chi connectivity index (χ4n) is 3.84. The van der Waals surface area contributed by atoms with Gasteiger partial charge in [-0.05, 0) is 55.5 Å². The van der Waals surface area contributed by atoms with Crippen LogP contribution in [0.5, 0.6) is 0 Å². The fraction of sp³-hybridized carbons (Fsp3) is 0.455. The van der Waals surface area contributed by atoms with Crippen molar-refractivity contribution >= 4 is 5.91 Å². The maximum atomic E-state index is 13.0. The lowest BCUT2D eigenvalue weighted by Crippen LogP contribution is -2.38. The number of hydrogen-bond donors (Lipinski definition) is 0. The van der Waals surface area contributed by atoms with E-state index in [4.69, 9.17) is 0 Å². The number of likely N-dealkylation sites (tertiary alicyclic amines) is 1. The van der Waals surface area contributed by atoms with Crippen molar-refractivity contribution in [3.8, 4) is 0 Å². The Balaban J connectivity index is 1.81. The van der Waals surface area contributed by atoms with Gasteiger partial charge in [0, 0.05) is 36.8 Å². The molecule has 1 aromatic heterocycles. The zero-order valence-corrected chi connectivity index (χ0v) is 16.2. The molecular weight excluding hydrogens is 365 g/mol. The molecule has 1 aliphatic heterocycles. The summed E-state index contributed by atoms with van der Waals surface area (Å²) in [6.45, 7) is 5.21. The zero-order chi connectivity index (χ0) is 20.3. The predicted octanol–water partition coefficient (Wildman–Crippen LogP) is 5.12. The highest BCUT2D eigenvalue weighted by atomic mass is 19.4. The first kappa shape index (κ1) is 20.4. The molecule has 28 heavy (non-hydrogen) atoms. The average Bonchev–Trinajstić information content (AvgIpc) is 2.66. The van der Waals surface area contributed by atoms with Gasteiger partial charge in [0.1, 0.15) is 0 Å². The maximum Gasteiger partial charge on any atom is 0.416 e. The van der Waals surface area contributed by atoms with E-state index in [-0.39, 0.29) is 11.8 Å². The van der Waals surface area contributed by atoms with Gasteiger partial charge in [0.2, 0.25) is 5.91 Å². The summed E-state index contributed by atoms with van der Waals surface area (Å²) in [6, 6.07) is 9.36. The van der Waals surface area contributed by atoms with Crippen LogP contribution < -0.4 is 0 Å². The van der Waals surface area contributed by atoms with E-state index in [9.17, 15) is 18.0 Å². The number of halogens is 3. The summed E-state index contributed by atoms with van der Waals surface area (Å²) in [4.78, 5) is 18.6. The zero-order valence-electron chi connectivity index (χ0n) is 16.2. The molecule has 0 saturated carbocycles. The highest BCUT2D eigenvalue weighted by Gasteiger charge is 2.30. The number of aryl methyl sites for hydroxylation is 1. The minimum absolute atomic E-state index is 0.154. The molecule has 1 amide bonds. The van der Waals surface area contributed by atoms with Gasteiger partial charge in [0.15, 0.2) is 0 Å². The topological polar surface area (TPSA) is 33.2 Å². The second kappa shape index (κ2) is 8.33. The van der Waals surface area contributed by atoms with E-state index < -0.39 is 11.7 Å². The Morgan fingerprint density at radius 2 is 2.00 bits per heavy atom. The average molecular weight is 390 g/mol. The number of aromatic nitrogens is 1. The van der Waals surface area contributed by atoms with Gasteiger partial charge in [-0.1, -0.05) is 25.1 Å². The number of benzene rings is 1. The Morgan fingerprint density at radius 3 is 2.71 bits per heavy atom. The van der Waals surface area contributed by atoms with Crippen LogP contribution in [-0.4, -0.2) is 28.9 Å². The molecule has 3 nitrogen and oxygen atoms in total. The SMILES string of the molecule is CCC(=O)N1CCC[C@@H](c2cc(Cc3cccc(C(F)(F)F)c3)cc(C)n2)C1.